The van der Waals surface area contributed by atoms with Crippen LogP contribution in [-0.4, -0.2) is 55.8 Å². The second kappa shape index (κ2) is 15.0. The van der Waals surface area contributed by atoms with Crippen molar-refractivity contribution in [2.45, 2.75) is 27.1 Å². The molecule has 17 nitrogen and oxygen atoms in total. The van der Waals surface area contributed by atoms with E-state index in [1.54, 1.807) is 36.4 Å². The zero-order valence-electron chi connectivity index (χ0n) is 24.1. The number of rotatable bonds is 10. The van der Waals surface area contributed by atoms with Gasteiger partial charge in [0.25, 0.3) is 22.7 Å². The standard InChI is InChI=1S/C20H16N8O6.C9H11NO2.CH4/c21-12-13(16(30)15(12)29)23-6-8-2-1-3-9(4-8)7-24-19(32)10-5-11(20(33)34)28-18(25-10)14(17(22)31)26-27-28;1-12-9(11)8-4-2-7(6-10)3-5-8;/h1-5,23H,6-7,21H2,(H2,22,31)(H,24,32)(H,33,34);2-5H,6,10H2,1H3;1H4. The van der Waals surface area contributed by atoms with Gasteiger partial charge in [-0.2, -0.15) is 4.52 Å². The van der Waals surface area contributed by atoms with Crippen molar-refractivity contribution < 1.29 is 29.0 Å². The predicted molar refractivity (Wildman–Crippen MR) is 169 cm³/mol. The van der Waals surface area contributed by atoms with Crippen molar-refractivity contribution in [3.05, 3.63) is 114 Å². The molecule has 0 unspecified atom stereocenters. The minimum absolute atomic E-state index is 0. The number of hydrogen-bond acceptors (Lipinski definition) is 13. The van der Waals surface area contributed by atoms with Crippen molar-refractivity contribution in [2.24, 2.45) is 11.5 Å². The topological polar surface area (TPSA) is 277 Å². The lowest BCUT2D eigenvalue weighted by atomic mass is 10.1. The Morgan fingerprint density at radius 2 is 1.62 bits per heavy atom. The monoisotopic (exact) mass is 645 g/mol. The number of aromatic nitrogens is 4. The van der Waals surface area contributed by atoms with E-state index in [4.69, 9.17) is 17.2 Å². The number of nitrogens with one attached hydrogen (secondary N) is 2. The minimum Gasteiger partial charge on any atom is -0.477 e. The normalized spacial score (nSPS) is 10.3. The van der Waals surface area contributed by atoms with Crippen molar-refractivity contribution in [1.82, 2.24) is 25.1 Å². The molecule has 47 heavy (non-hydrogen) atoms. The largest absolute Gasteiger partial charge is 0.477 e. The molecule has 0 aliphatic carbocycles. The highest BCUT2D eigenvalue weighted by atomic mass is 16.5. The number of methoxy groups -OCH3 is 1. The third kappa shape index (κ3) is 7.78. The highest BCUT2D eigenvalue weighted by Crippen LogP contribution is 2.14. The first-order valence-electron chi connectivity index (χ1n) is 13.3. The molecule has 0 spiro atoms. The van der Waals surface area contributed by atoms with Gasteiger partial charge >= 0.3 is 11.9 Å². The van der Waals surface area contributed by atoms with Crippen molar-refractivity contribution >= 4 is 40.8 Å². The van der Waals surface area contributed by atoms with Crippen LogP contribution in [0.25, 0.3) is 5.65 Å². The molecule has 0 fully saturated rings. The number of fused-ring (bicyclic) bond motifs is 1. The van der Waals surface area contributed by atoms with Crippen LogP contribution < -0.4 is 38.7 Å². The average Bonchev–Trinajstić information content (AvgIpc) is 3.51. The van der Waals surface area contributed by atoms with Crippen LogP contribution in [0, 0.1) is 0 Å². The third-order valence-corrected chi connectivity index (χ3v) is 6.53. The van der Waals surface area contributed by atoms with E-state index in [2.05, 4.69) is 30.7 Å². The number of ether oxygens (including phenoxy) is 1. The minimum atomic E-state index is -1.41. The summed E-state index contributed by atoms with van der Waals surface area (Å²) in [5.74, 6) is -3.42. The van der Waals surface area contributed by atoms with Crippen molar-refractivity contribution in [3.63, 3.8) is 0 Å². The Bertz CT molecular complexity index is 2030. The van der Waals surface area contributed by atoms with Gasteiger partial charge in [0.15, 0.2) is 17.0 Å². The molecule has 17 heteroatoms. The summed E-state index contributed by atoms with van der Waals surface area (Å²) in [5, 5.41) is 21.9. The van der Waals surface area contributed by atoms with Gasteiger partial charge in [-0.1, -0.05) is 49.0 Å². The molecule has 9 N–H and O–H groups in total. The van der Waals surface area contributed by atoms with Gasteiger partial charge in [0.1, 0.15) is 17.1 Å². The van der Waals surface area contributed by atoms with Gasteiger partial charge in [0.2, 0.25) is 0 Å². The zero-order chi connectivity index (χ0) is 33.5. The quantitative estimate of drug-likeness (QED) is 0.0875. The number of benzene rings is 2. The van der Waals surface area contributed by atoms with Crippen LogP contribution in [0.4, 0.5) is 11.4 Å². The summed E-state index contributed by atoms with van der Waals surface area (Å²) >= 11 is 0. The molecule has 0 aliphatic rings. The molecule has 2 aromatic heterocycles. The number of hydrogen-bond donors (Lipinski definition) is 6. The van der Waals surface area contributed by atoms with Crippen LogP contribution in [0.5, 0.6) is 0 Å². The van der Waals surface area contributed by atoms with Crippen LogP contribution in [0.15, 0.2) is 64.2 Å². The molecule has 0 saturated heterocycles. The summed E-state index contributed by atoms with van der Waals surface area (Å²) < 4.78 is 5.34. The van der Waals surface area contributed by atoms with E-state index < -0.39 is 34.3 Å². The van der Waals surface area contributed by atoms with E-state index in [-0.39, 0.29) is 54.9 Å². The summed E-state index contributed by atoms with van der Waals surface area (Å²) in [6.45, 7) is 0.771. The van der Waals surface area contributed by atoms with Gasteiger partial charge in [-0.25, -0.2) is 14.6 Å². The molecule has 2 amide bonds. The number of nitrogens with zero attached hydrogens (tertiary/aromatic N) is 4. The molecule has 244 valence electrons. The molecule has 0 atom stereocenters. The summed E-state index contributed by atoms with van der Waals surface area (Å²) in [6, 6.07) is 15.0. The fraction of sp³-hybridized carbons (Fsp3) is 0.167. The number of carboxylic acids is 1. The average molecular weight is 646 g/mol. The highest BCUT2D eigenvalue weighted by Gasteiger charge is 2.22. The summed E-state index contributed by atoms with van der Waals surface area (Å²) in [6.07, 6.45) is 0. The Hall–Kier alpha value is -6.49. The maximum atomic E-state index is 12.7. The van der Waals surface area contributed by atoms with Gasteiger partial charge in [-0.15, -0.1) is 5.10 Å². The molecular formula is C30H31N9O8. The molecule has 3 aromatic carbocycles. The number of amides is 2. The lowest BCUT2D eigenvalue weighted by molar-refractivity contribution is 0.0599. The highest BCUT2D eigenvalue weighted by molar-refractivity contribution is 6.00. The van der Waals surface area contributed by atoms with Crippen molar-refractivity contribution in [1.29, 1.82) is 0 Å². The van der Waals surface area contributed by atoms with Crippen LogP contribution in [0.3, 0.4) is 0 Å². The number of carbonyl (C=O) groups is 4. The smallest absolute Gasteiger partial charge is 0.354 e. The number of primary amides is 1. The molecule has 0 saturated carbocycles. The molecule has 0 radical (unpaired) electrons. The Labute approximate surface area is 266 Å². The lowest BCUT2D eigenvalue weighted by Gasteiger charge is -2.11. The van der Waals surface area contributed by atoms with E-state index in [9.17, 15) is 33.9 Å². The second-order valence-electron chi connectivity index (χ2n) is 9.57. The van der Waals surface area contributed by atoms with Crippen LogP contribution in [-0.2, 0) is 24.4 Å². The van der Waals surface area contributed by atoms with Crippen LogP contribution >= 0.6 is 0 Å². The molecule has 5 aromatic rings. The first-order chi connectivity index (χ1) is 21.9. The fourth-order valence-corrected chi connectivity index (χ4v) is 4.10. The van der Waals surface area contributed by atoms with Crippen molar-refractivity contribution in [2.75, 3.05) is 18.2 Å². The maximum Gasteiger partial charge on any atom is 0.354 e. The SMILES string of the molecule is C.COC(=O)c1ccc(CN)cc1.NC(=O)c1nnn2c(C(=O)O)cc(C(=O)NCc3cccc(CNc4c(N)c(=O)c4=O)c3)nc12. The van der Waals surface area contributed by atoms with E-state index in [0.717, 1.165) is 21.7 Å². The van der Waals surface area contributed by atoms with Crippen LogP contribution in [0.2, 0.25) is 0 Å². The zero-order valence-corrected chi connectivity index (χ0v) is 24.1. The fourth-order valence-electron chi connectivity index (χ4n) is 4.10. The van der Waals surface area contributed by atoms with E-state index in [1.807, 2.05) is 12.1 Å². The van der Waals surface area contributed by atoms with E-state index in [1.165, 1.54) is 7.11 Å². The van der Waals surface area contributed by atoms with E-state index >= 15 is 0 Å². The first-order valence-corrected chi connectivity index (χ1v) is 13.3. The number of esters is 1. The third-order valence-electron chi connectivity index (χ3n) is 6.53. The Kier molecular flexibility index (Phi) is 11.2. The van der Waals surface area contributed by atoms with Gasteiger partial charge in [0, 0.05) is 25.7 Å². The number of nitrogens with two attached hydrogens (primary N) is 3. The van der Waals surface area contributed by atoms with Gasteiger partial charge < -0.3 is 37.7 Å². The Balaban J connectivity index is 0.000000391. The van der Waals surface area contributed by atoms with Gasteiger partial charge in [-0.3, -0.25) is 19.2 Å². The predicted octanol–water partition coefficient (Wildman–Crippen LogP) is 0.210. The molecule has 2 heterocycles. The number of anilines is 2. The summed E-state index contributed by atoms with van der Waals surface area (Å²) in [7, 11) is 1.36. The number of carbonyl (C=O) groups excluding carboxylic acids is 3. The Morgan fingerprint density at radius 3 is 2.19 bits per heavy atom. The lowest BCUT2D eigenvalue weighted by Crippen LogP contribution is -2.36. The molecule has 0 aliphatic heterocycles. The first kappa shape index (κ1) is 35.0. The van der Waals surface area contributed by atoms with Gasteiger partial charge in [-0.05, 0) is 28.8 Å². The number of aromatic carboxylic acids is 1. The Morgan fingerprint density at radius 1 is 0.957 bits per heavy atom. The van der Waals surface area contributed by atoms with Crippen molar-refractivity contribution in [3.8, 4) is 0 Å². The summed E-state index contributed by atoms with van der Waals surface area (Å²) in [4.78, 5) is 73.4. The second-order valence-corrected chi connectivity index (χ2v) is 9.57. The summed E-state index contributed by atoms with van der Waals surface area (Å²) in [5.41, 5.74) is 16.3. The maximum absolute atomic E-state index is 12.7. The number of nitrogen functional groups attached to an aromatic ring is 1. The van der Waals surface area contributed by atoms with E-state index in [0.29, 0.717) is 17.7 Å². The molecule has 5 rings (SSSR count). The van der Waals surface area contributed by atoms with Crippen LogP contribution in [0.1, 0.15) is 65.9 Å². The molecular weight excluding hydrogens is 614 g/mol. The van der Waals surface area contributed by atoms with Gasteiger partial charge in [0.05, 0.1) is 12.7 Å². The molecule has 0 bridgehead atoms. The number of carboxylic acid groups (broad SMARTS) is 1.